The van der Waals surface area contributed by atoms with Crippen molar-refractivity contribution in [3.63, 3.8) is 0 Å². The quantitative estimate of drug-likeness (QED) is 0.714. The van der Waals surface area contributed by atoms with Crippen LogP contribution in [0.5, 0.6) is 11.5 Å². The number of aliphatic hydroxyl groups is 1. The number of likely N-dealkylation sites (tertiary alicyclic amines) is 1. The minimum absolute atomic E-state index is 0.0428. The highest BCUT2D eigenvalue weighted by molar-refractivity contribution is 5.95. The van der Waals surface area contributed by atoms with Gasteiger partial charge in [0, 0.05) is 18.7 Å². The molecule has 2 aliphatic heterocycles. The number of carbonyl (C=O) groups is 1. The fraction of sp³-hybridized carbons (Fsp3) is 0.417. The highest BCUT2D eigenvalue weighted by Gasteiger charge is 2.30. The maximum absolute atomic E-state index is 13.0. The molecular weight excluding hydrogens is 394 g/mol. The maximum Gasteiger partial charge on any atom is 0.241 e. The summed E-state index contributed by atoms with van der Waals surface area (Å²) in [4.78, 5) is 15.0. The van der Waals surface area contributed by atoms with Gasteiger partial charge in [-0.2, -0.15) is 5.26 Å². The molecule has 7 nitrogen and oxygen atoms in total. The number of piperidine rings is 1. The molecule has 4 rings (SSSR count). The summed E-state index contributed by atoms with van der Waals surface area (Å²) in [5.74, 6) is 1.45. The zero-order chi connectivity index (χ0) is 21.6. The molecular formula is C24H27N3O4. The number of ether oxygens (including phenoxy) is 2. The number of aliphatic hydroxyl groups excluding tert-OH is 1. The topological polar surface area (TPSA) is 94.8 Å². The third-order valence-corrected chi connectivity index (χ3v) is 5.74. The van der Waals surface area contributed by atoms with Gasteiger partial charge < -0.3 is 19.9 Å². The molecule has 0 unspecified atom stereocenters. The Morgan fingerprint density at radius 1 is 1.29 bits per heavy atom. The van der Waals surface area contributed by atoms with Gasteiger partial charge in [0.2, 0.25) is 5.91 Å². The standard InChI is InChI=1S/C24H27N3O4/c25-14-17-4-7-21(8-5-17)31-16-20(28)15-27-11-2-1-3-22(27)24(29)26-19-6-9-23-18(13-19)10-12-30-23/h4-9,13,20,22,28H,1-3,10-12,15-16H2,(H,26,29)/t20-,22+/m1/s1. The highest BCUT2D eigenvalue weighted by Crippen LogP contribution is 2.28. The molecule has 0 bridgehead atoms. The van der Waals surface area contributed by atoms with Crippen LogP contribution in [0.25, 0.3) is 0 Å². The van der Waals surface area contributed by atoms with E-state index in [1.165, 1.54) is 0 Å². The summed E-state index contributed by atoms with van der Waals surface area (Å²) in [6.07, 6.45) is 2.90. The number of nitrogens with zero attached hydrogens (tertiary/aromatic N) is 2. The third kappa shape index (κ3) is 5.35. The maximum atomic E-state index is 13.0. The summed E-state index contributed by atoms with van der Waals surface area (Å²) >= 11 is 0. The average molecular weight is 421 g/mol. The lowest BCUT2D eigenvalue weighted by molar-refractivity contribution is -0.123. The van der Waals surface area contributed by atoms with Crippen LogP contribution in [-0.4, -0.2) is 54.4 Å². The van der Waals surface area contributed by atoms with Crippen LogP contribution in [0.2, 0.25) is 0 Å². The Morgan fingerprint density at radius 2 is 2.13 bits per heavy atom. The van der Waals surface area contributed by atoms with Crippen molar-refractivity contribution in [2.24, 2.45) is 0 Å². The van der Waals surface area contributed by atoms with Crippen molar-refractivity contribution in [1.82, 2.24) is 4.90 Å². The second-order valence-corrected chi connectivity index (χ2v) is 8.02. The molecule has 2 aromatic rings. The number of hydrogen-bond donors (Lipinski definition) is 2. The smallest absolute Gasteiger partial charge is 0.241 e. The van der Waals surface area contributed by atoms with E-state index in [2.05, 4.69) is 11.4 Å². The molecule has 0 radical (unpaired) electrons. The van der Waals surface area contributed by atoms with Gasteiger partial charge in [-0.25, -0.2) is 0 Å². The zero-order valence-corrected chi connectivity index (χ0v) is 17.4. The Balaban J connectivity index is 1.32. The lowest BCUT2D eigenvalue weighted by Crippen LogP contribution is -2.50. The van der Waals surface area contributed by atoms with Gasteiger partial charge in [0.1, 0.15) is 24.2 Å². The summed E-state index contributed by atoms with van der Waals surface area (Å²) in [7, 11) is 0. The van der Waals surface area contributed by atoms with E-state index >= 15 is 0 Å². The number of carbonyl (C=O) groups excluding carboxylic acids is 1. The number of hydrogen-bond acceptors (Lipinski definition) is 6. The molecule has 1 fully saturated rings. The molecule has 2 atom stereocenters. The Labute approximate surface area is 182 Å². The van der Waals surface area contributed by atoms with E-state index in [1.54, 1.807) is 24.3 Å². The first-order chi connectivity index (χ1) is 15.1. The van der Waals surface area contributed by atoms with Gasteiger partial charge >= 0.3 is 0 Å². The van der Waals surface area contributed by atoms with Crippen molar-refractivity contribution >= 4 is 11.6 Å². The number of fused-ring (bicyclic) bond motifs is 1. The minimum Gasteiger partial charge on any atom is -0.493 e. The molecule has 0 spiro atoms. The van der Waals surface area contributed by atoms with Crippen LogP contribution in [0.1, 0.15) is 30.4 Å². The van der Waals surface area contributed by atoms with Gasteiger partial charge in [-0.15, -0.1) is 0 Å². The van der Waals surface area contributed by atoms with Crippen molar-refractivity contribution < 1.29 is 19.4 Å². The first-order valence-electron chi connectivity index (χ1n) is 10.7. The Bertz CT molecular complexity index is 954. The monoisotopic (exact) mass is 421 g/mol. The normalized spacial score (nSPS) is 19.0. The minimum atomic E-state index is -0.721. The number of nitrogens with one attached hydrogen (secondary N) is 1. The predicted octanol–water partition coefficient (Wildman–Crippen LogP) is 2.73. The molecule has 0 saturated carbocycles. The molecule has 0 aliphatic carbocycles. The van der Waals surface area contributed by atoms with Crippen molar-refractivity contribution in [3.05, 3.63) is 53.6 Å². The van der Waals surface area contributed by atoms with Gasteiger partial charge in [0.05, 0.1) is 24.3 Å². The van der Waals surface area contributed by atoms with Crippen LogP contribution in [0.3, 0.4) is 0 Å². The fourth-order valence-corrected chi connectivity index (χ4v) is 4.14. The van der Waals surface area contributed by atoms with E-state index in [0.29, 0.717) is 24.5 Å². The van der Waals surface area contributed by atoms with Gasteiger partial charge in [0.15, 0.2) is 0 Å². The number of benzene rings is 2. The van der Waals surface area contributed by atoms with E-state index < -0.39 is 6.10 Å². The molecule has 1 amide bonds. The third-order valence-electron chi connectivity index (χ3n) is 5.74. The molecule has 1 saturated heterocycles. The lowest BCUT2D eigenvalue weighted by atomic mass is 10.0. The second-order valence-electron chi connectivity index (χ2n) is 8.02. The van der Waals surface area contributed by atoms with E-state index in [0.717, 1.165) is 49.2 Å². The van der Waals surface area contributed by atoms with Gasteiger partial charge in [0.25, 0.3) is 0 Å². The highest BCUT2D eigenvalue weighted by atomic mass is 16.5. The SMILES string of the molecule is N#Cc1ccc(OC[C@H](O)CN2CCCC[C@H]2C(=O)Nc2ccc3c(c2)CCO3)cc1. The molecule has 2 aliphatic rings. The largest absolute Gasteiger partial charge is 0.493 e. The van der Waals surface area contributed by atoms with E-state index in [4.69, 9.17) is 14.7 Å². The first-order valence-corrected chi connectivity index (χ1v) is 10.7. The molecule has 162 valence electrons. The Morgan fingerprint density at radius 3 is 2.94 bits per heavy atom. The lowest BCUT2D eigenvalue weighted by Gasteiger charge is -2.35. The molecule has 0 aromatic heterocycles. The summed E-state index contributed by atoms with van der Waals surface area (Å²) in [5.41, 5.74) is 2.46. The number of amides is 1. The summed E-state index contributed by atoms with van der Waals surface area (Å²) in [6.45, 7) is 1.95. The van der Waals surface area contributed by atoms with Crippen molar-refractivity contribution in [1.29, 1.82) is 5.26 Å². The van der Waals surface area contributed by atoms with Crippen LogP contribution in [-0.2, 0) is 11.2 Å². The van der Waals surface area contributed by atoms with Gasteiger partial charge in [-0.1, -0.05) is 6.42 Å². The van der Waals surface area contributed by atoms with Crippen molar-refractivity contribution in [2.45, 2.75) is 37.8 Å². The van der Waals surface area contributed by atoms with Crippen LogP contribution in [0, 0.1) is 11.3 Å². The summed E-state index contributed by atoms with van der Waals surface area (Å²) in [6, 6.07) is 14.3. The van der Waals surface area contributed by atoms with Crippen LogP contribution in [0.4, 0.5) is 5.69 Å². The van der Waals surface area contributed by atoms with Gasteiger partial charge in [-0.05, 0) is 67.4 Å². The van der Waals surface area contributed by atoms with E-state index in [9.17, 15) is 9.90 Å². The Kier molecular flexibility index (Phi) is 6.70. The molecule has 2 aromatic carbocycles. The zero-order valence-electron chi connectivity index (χ0n) is 17.4. The predicted molar refractivity (Wildman–Crippen MR) is 116 cm³/mol. The molecule has 7 heteroatoms. The van der Waals surface area contributed by atoms with E-state index in [-0.39, 0.29) is 18.6 Å². The fourth-order valence-electron chi connectivity index (χ4n) is 4.14. The molecule has 31 heavy (non-hydrogen) atoms. The summed E-state index contributed by atoms with van der Waals surface area (Å²) < 4.78 is 11.2. The summed E-state index contributed by atoms with van der Waals surface area (Å²) in [5, 5.41) is 22.4. The number of β-amino-alcohol motifs (C(OH)–C–C–N with tert-alkyl or cyclic N) is 1. The molecule has 2 heterocycles. The van der Waals surface area contributed by atoms with Crippen LogP contribution >= 0.6 is 0 Å². The number of rotatable bonds is 7. The van der Waals surface area contributed by atoms with E-state index in [1.807, 2.05) is 23.1 Å². The number of anilines is 1. The average Bonchev–Trinajstić information content (AvgIpc) is 3.26. The van der Waals surface area contributed by atoms with Crippen molar-refractivity contribution in [3.8, 4) is 17.6 Å². The second kappa shape index (κ2) is 9.82. The van der Waals surface area contributed by atoms with Crippen molar-refractivity contribution in [2.75, 3.05) is 31.6 Å². The van der Waals surface area contributed by atoms with Crippen LogP contribution in [0.15, 0.2) is 42.5 Å². The Hall–Kier alpha value is -3.08. The van der Waals surface area contributed by atoms with Crippen LogP contribution < -0.4 is 14.8 Å². The number of nitriles is 1. The van der Waals surface area contributed by atoms with Gasteiger partial charge in [-0.3, -0.25) is 9.69 Å². The first kappa shape index (κ1) is 21.2. The molecule has 2 N–H and O–H groups in total.